The number of phenolic OH excluding ortho intramolecular Hbond substituents is 1. The van der Waals surface area contributed by atoms with E-state index in [1.54, 1.807) is 19.1 Å². The van der Waals surface area contributed by atoms with Crippen LogP contribution in [-0.4, -0.2) is 23.5 Å². The first-order valence-electron chi connectivity index (χ1n) is 7.49. The summed E-state index contributed by atoms with van der Waals surface area (Å²) in [5.41, 5.74) is 0.843. The number of Topliss-reactive ketones (excluding diaryl/α,β-unsaturated/α-hetero) is 1. The zero-order valence-electron chi connectivity index (χ0n) is 14.5. The number of ketones is 1. The quantitative estimate of drug-likeness (QED) is 0.525. The lowest BCUT2D eigenvalue weighted by Crippen LogP contribution is -2.22. The third-order valence-corrected chi connectivity index (χ3v) is 3.45. The number of ether oxygens (including phenoxy) is 1. The van der Waals surface area contributed by atoms with Gasteiger partial charge in [0.05, 0.1) is 6.61 Å². The Bertz CT molecular complexity index is 551. The number of rotatable bonds is 3. The Morgan fingerprint density at radius 2 is 1.41 bits per heavy atom. The predicted octanol–water partition coefficient (Wildman–Crippen LogP) is 3.73. The van der Waals surface area contributed by atoms with Crippen molar-refractivity contribution in [2.24, 2.45) is 0 Å². The number of carbonyl (C=O) groups is 2. The lowest BCUT2D eigenvalue weighted by molar-refractivity contribution is -0.137. The highest BCUT2D eigenvalue weighted by molar-refractivity contribution is 6.40. The molecule has 0 radical (unpaired) electrons. The van der Waals surface area contributed by atoms with E-state index in [-0.39, 0.29) is 28.7 Å². The van der Waals surface area contributed by atoms with Gasteiger partial charge >= 0.3 is 5.97 Å². The number of aromatic hydroxyl groups is 1. The maximum atomic E-state index is 12.2. The molecule has 4 nitrogen and oxygen atoms in total. The SMILES string of the molecule is CCOC(=O)C(=O)c1cc(C(C)(C)C)c(O)c(C(C)(C)C)c1. The van der Waals surface area contributed by atoms with Gasteiger partial charge in [0.15, 0.2) is 0 Å². The molecule has 22 heavy (non-hydrogen) atoms. The van der Waals surface area contributed by atoms with Crippen LogP contribution in [0, 0.1) is 0 Å². The maximum absolute atomic E-state index is 12.2. The van der Waals surface area contributed by atoms with Gasteiger partial charge in [-0.2, -0.15) is 0 Å². The molecule has 0 heterocycles. The summed E-state index contributed by atoms with van der Waals surface area (Å²) in [4.78, 5) is 24.0. The monoisotopic (exact) mass is 306 g/mol. The minimum absolute atomic E-state index is 0.154. The van der Waals surface area contributed by atoms with Crippen molar-refractivity contribution in [2.45, 2.75) is 59.3 Å². The largest absolute Gasteiger partial charge is 0.507 e. The second-order valence-electron chi connectivity index (χ2n) is 7.47. The molecule has 0 aliphatic carbocycles. The summed E-state index contributed by atoms with van der Waals surface area (Å²) in [5, 5.41) is 10.6. The second-order valence-corrected chi connectivity index (χ2v) is 7.47. The number of benzene rings is 1. The Hall–Kier alpha value is -1.84. The van der Waals surface area contributed by atoms with Crippen LogP contribution in [0.4, 0.5) is 0 Å². The van der Waals surface area contributed by atoms with Crippen molar-refractivity contribution in [3.05, 3.63) is 28.8 Å². The standard InChI is InChI=1S/C18H26O4/c1-8-22-16(21)14(19)11-9-12(17(2,3)4)15(20)13(10-11)18(5,6)7/h9-10,20H,8H2,1-7H3. The summed E-state index contributed by atoms with van der Waals surface area (Å²) in [6.45, 7) is 13.5. The van der Waals surface area contributed by atoms with Crippen LogP contribution >= 0.6 is 0 Å². The molecular weight excluding hydrogens is 280 g/mol. The van der Waals surface area contributed by atoms with Gasteiger partial charge in [-0.1, -0.05) is 41.5 Å². The first-order chi connectivity index (χ1) is 9.89. The highest BCUT2D eigenvalue weighted by Crippen LogP contribution is 2.39. The van der Waals surface area contributed by atoms with Crippen molar-refractivity contribution in [3.63, 3.8) is 0 Å². The Balaban J connectivity index is 3.55. The van der Waals surface area contributed by atoms with Gasteiger partial charge in [0.2, 0.25) is 0 Å². The van der Waals surface area contributed by atoms with Gasteiger partial charge in [0.25, 0.3) is 5.78 Å². The van der Waals surface area contributed by atoms with Crippen LogP contribution < -0.4 is 0 Å². The van der Waals surface area contributed by atoms with E-state index in [1.807, 2.05) is 41.5 Å². The van der Waals surface area contributed by atoms with Gasteiger partial charge in [-0.15, -0.1) is 0 Å². The average Bonchev–Trinajstić information content (AvgIpc) is 2.35. The van der Waals surface area contributed by atoms with E-state index in [2.05, 4.69) is 0 Å². The van der Waals surface area contributed by atoms with Gasteiger partial charge in [0, 0.05) is 16.7 Å². The summed E-state index contributed by atoms with van der Waals surface area (Å²) in [7, 11) is 0. The number of carbonyl (C=O) groups excluding carboxylic acids is 2. The molecule has 0 saturated heterocycles. The molecule has 0 atom stereocenters. The molecule has 0 aliphatic rings. The molecule has 0 bridgehead atoms. The van der Waals surface area contributed by atoms with Crippen LogP contribution in [0.5, 0.6) is 5.75 Å². The van der Waals surface area contributed by atoms with Crippen LogP contribution in [0.25, 0.3) is 0 Å². The number of hydrogen-bond acceptors (Lipinski definition) is 4. The van der Waals surface area contributed by atoms with Crippen molar-refractivity contribution in [1.29, 1.82) is 0 Å². The lowest BCUT2D eigenvalue weighted by Gasteiger charge is -2.27. The Labute approximate surface area is 132 Å². The van der Waals surface area contributed by atoms with E-state index in [0.29, 0.717) is 11.1 Å². The van der Waals surface area contributed by atoms with Crippen LogP contribution in [0.1, 0.15) is 70.0 Å². The van der Waals surface area contributed by atoms with Gasteiger partial charge in [-0.25, -0.2) is 4.79 Å². The fourth-order valence-corrected chi connectivity index (χ4v) is 2.22. The van der Waals surface area contributed by atoms with Crippen molar-refractivity contribution in [3.8, 4) is 5.75 Å². The molecule has 0 unspecified atom stereocenters. The van der Waals surface area contributed by atoms with Crippen LogP contribution in [0.15, 0.2) is 12.1 Å². The summed E-state index contributed by atoms with van der Waals surface area (Å²) in [5.74, 6) is -1.37. The van der Waals surface area contributed by atoms with Crippen LogP contribution in [0.3, 0.4) is 0 Å². The highest BCUT2D eigenvalue weighted by atomic mass is 16.5. The fraction of sp³-hybridized carbons (Fsp3) is 0.556. The van der Waals surface area contributed by atoms with E-state index in [9.17, 15) is 14.7 Å². The highest BCUT2D eigenvalue weighted by Gasteiger charge is 2.29. The third-order valence-electron chi connectivity index (χ3n) is 3.45. The van der Waals surface area contributed by atoms with Gasteiger partial charge in [0.1, 0.15) is 5.75 Å². The lowest BCUT2D eigenvalue weighted by atomic mass is 9.78. The van der Waals surface area contributed by atoms with Crippen molar-refractivity contribution in [2.75, 3.05) is 6.61 Å². The molecule has 1 aromatic rings. The molecule has 0 amide bonds. The van der Waals surface area contributed by atoms with E-state index < -0.39 is 11.8 Å². The summed E-state index contributed by atoms with van der Waals surface area (Å²) in [6.07, 6.45) is 0. The maximum Gasteiger partial charge on any atom is 0.379 e. The Morgan fingerprint density at radius 1 is 1.00 bits per heavy atom. The Morgan fingerprint density at radius 3 is 1.73 bits per heavy atom. The Kier molecular flexibility index (Phi) is 5.06. The molecule has 1 aromatic carbocycles. The zero-order valence-corrected chi connectivity index (χ0v) is 14.5. The van der Waals surface area contributed by atoms with E-state index in [0.717, 1.165) is 0 Å². The van der Waals surface area contributed by atoms with Gasteiger partial charge in [-0.05, 0) is 29.9 Å². The average molecular weight is 306 g/mol. The molecular formula is C18H26O4. The summed E-state index contributed by atoms with van der Waals surface area (Å²) in [6, 6.07) is 3.17. The predicted molar refractivity (Wildman–Crippen MR) is 86.5 cm³/mol. The second kappa shape index (κ2) is 6.11. The van der Waals surface area contributed by atoms with Crippen LogP contribution in [0.2, 0.25) is 0 Å². The van der Waals surface area contributed by atoms with Crippen molar-refractivity contribution >= 4 is 11.8 Å². The number of hydrogen-bond donors (Lipinski definition) is 1. The molecule has 0 aromatic heterocycles. The van der Waals surface area contributed by atoms with Crippen LogP contribution in [-0.2, 0) is 20.4 Å². The van der Waals surface area contributed by atoms with Crippen molar-refractivity contribution in [1.82, 2.24) is 0 Å². The molecule has 0 saturated carbocycles. The molecule has 1 rings (SSSR count). The minimum Gasteiger partial charge on any atom is -0.507 e. The van der Waals surface area contributed by atoms with Gasteiger partial charge in [-0.3, -0.25) is 4.79 Å². The van der Waals surface area contributed by atoms with E-state index in [4.69, 9.17) is 4.74 Å². The van der Waals surface area contributed by atoms with E-state index >= 15 is 0 Å². The molecule has 0 spiro atoms. The van der Waals surface area contributed by atoms with E-state index in [1.165, 1.54) is 0 Å². The first-order valence-corrected chi connectivity index (χ1v) is 7.49. The number of esters is 1. The summed E-state index contributed by atoms with van der Waals surface area (Å²) >= 11 is 0. The molecule has 1 N–H and O–H groups in total. The number of phenols is 1. The first kappa shape index (κ1) is 18.2. The third kappa shape index (κ3) is 3.87. The minimum atomic E-state index is -0.868. The normalized spacial score (nSPS) is 12.1. The molecule has 0 fully saturated rings. The molecule has 122 valence electrons. The topological polar surface area (TPSA) is 63.6 Å². The molecule has 0 aliphatic heterocycles. The fourth-order valence-electron chi connectivity index (χ4n) is 2.22. The van der Waals surface area contributed by atoms with Gasteiger partial charge < -0.3 is 9.84 Å². The van der Waals surface area contributed by atoms with Crippen molar-refractivity contribution < 1.29 is 19.4 Å². The zero-order chi connectivity index (χ0) is 17.3. The smallest absolute Gasteiger partial charge is 0.379 e. The summed E-state index contributed by atoms with van der Waals surface area (Å²) < 4.78 is 4.79. The molecule has 4 heteroatoms.